The summed E-state index contributed by atoms with van der Waals surface area (Å²) in [5.41, 5.74) is 1.14. The zero-order chi connectivity index (χ0) is 16.7. The fraction of sp³-hybridized carbons (Fsp3) is 0.632. The van der Waals surface area contributed by atoms with Crippen LogP contribution in [0.5, 0.6) is 0 Å². The number of carbonyl (C=O) groups is 1. The van der Waals surface area contributed by atoms with Crippen LogP contribution in [0.1, 0.15) is 32.6 Å². The van der Waals surface area contributed by atoms with Crippen LogP contribution in [0.4, 0.5) is 5.69 Å². The highest BCUT2D eigenvalue weighted by molar-refractivity contribution is 6.33. The van der Waals surface area contributed by atoms with E-state index < -0.39 is 0 Å². The van der Waals surface area contributed by atoms with Crippen LogP contribution in [0.3, 0.4) is 0 Å². The number of anilines is 1. The van der Waals surface area contributed by atoms with Crippen molar-refractivity contribution < 1.29 is 4.79 Å². The molecule has 0 bridgehead atoms. The maximum Gasteiger partial charge on any atom is 0.239 e. The number of amides is 1. The van der Waals surface area contributed by atoms with Gasteiger partial charge in [0, 0.05) is 38.3 Å². The maximum absolute atomic E-state index is 12.6. The number of benzene rings is 1. The van der Waals surface area contributed by atoms with Gasteiger partial charge in [0.1, 0.15) is 0 Å². The molecule has 0 N–H and O–H groups in total. The Hall–Kier alpha value is -1.26. The van der Waals surface area contributed by atoms with Gasteiger partial charge in [0.2, 0.25) is 5.91 Å². The first-order valence-electron chi connectivity index (χ1n) is 9.21. The molecule has 0 aliphatic carbocycles. The number of carbonyl (C=O) groups excluding carboxylic acids is 1. The second kappa shape index (κ2) is 6.57. The molecule has 1 aromatic carbocycles. The molecule has 3 saturated heterocycles. The molecule has 0 spiro atoms. The van der Waals surface area contributed by atoms with Gasteiger partial charge >= 0.3 is 0 Å². The number of hydrogen-bond donors (Lipinski definition) is 0. The molecule has 3 fully saturated rings. The molecule has 2 atom stereocenters. The lowest BCUT2D eigenvalue weighted by Crippen LogP contribution is -2.62. The number of hydrogen-bond acceptors (Lipinski definition) is 3. The first-order valence-corrected chi connectivity index (χ1v) is 9.58. The summed E-state index contributed by atoms with van der Waals surface area (Å²) in [5.74, 6) is 0.345. The Morgan fingerprint density at radius 2 is 1.79 bits per heavy atom. The average molecular weight is 348 g/mol. The van der Waals surface area contributed by atoms with Crippen LogP contribution < -0.4 is 4.90 Å². The lowest BCUT2D eigenvalue weighted by atomic mass is 9.97. The molecule has 130 valence electrons. The number of fused-ring (bicyclic) bond motifs is 1. The minimum Gasteiger partial charge on any atom is -0.370 e. The quantitative estimate of drug-likeness (QED) is 0.822. The van der Waals surface area contributed by atoms with Crippen molar-refractivity contribution in [2.24, 2.45) is 0 Å². The van der Waals surface area contributed by atoms with Gasteiger partial charge in [-0.15, -0.1) is 0 Å². The molecule has 5 heteroatoms. The molecule has 3 aliphatic rings. The van der Waals surface area contributed by atoms with Crippen LogP contribution in [-0.4, -0.2) is 60.0 Å². The largest absolute Gasteiger partial charge is 0.370 e. The van der Waals surface area contributed by atoms with Crippen molar-refractivity contribution in [1.82, 2.24) is 9.80 Å². The van der Waals surface area contributed by atoms with Crippen molar-refractivity contribution in [3.63, 3.8) is 0 Å². The number of para-hydroxylation sites is 1. The van der Waals surface area contributed by atoms with Gasteiger partial charge in [0.05, 0.1) is 16.8 Å². The number of halogens is 1. The predicted molar refractivity (Wildman–Crippen MR) is 97.6 cm³/mol. The van der Waals surface area contributed by atoms with Crippen LogP contribution in [0, 0.1) is 0 Å². The number of nitrogens with zero attached hydrogens (tertiary/aromatic N) is 3. The second-order valence-electron chi connectivity index (χ2n) is 7.37. The lowest BCUT2D eigenvalue weighted by molar-refractivity contribution is -0.145. The molecule has 4 rings (SSSR count). The molecule has 3 aliphatic heterocycles. The maximum atomic E-state index is 12.6. The summed E-state index contributed by atoms with van der Waals surface area (Å²) in [7, 11) is 0. The summed E-state index contributed by atoms with van der Waals surface area (Å²) in [6.07, 6.45) is 4.56. The zero-order valence-electron chi connectivity index (χ0n) is 14.3. The Labute approximate surface area is 149 Å². The Kier molecular flexibility index (Phi) is 4.44. The fourth-order valence-electron chi connectivity index (χ4n) is 4.71. The Balaban J connectivity index is 1.42. The first kappa shape index (κ1) is 16.2. The van der Waals surface area contributed by atoms with Gasteiger partial charge in [-0.1, -0.05) is 23.7 Å². The first-order chi connectivity index (χ1) is 11.6. The third-order valence-corrected chi connectivity index (χ3v) is 6.38. The minimum absolute atomic E-state index is 0.0382. The van der Waals surface area contributed by atoms with E-state index in [-0.39, 0.29) is 6.04 Å². The summed E-state index contributed by atoms with van der Waals surface area (Å²) < 4.78 is 0. The summed E-state index contributed by atoms with van der Waals surface area (Å²) in [4.78, 5) is 19.6. The molecular weight excluding hydrogens is 322 g/mol. The summed E-state index contributed by atoms with van der Waals surface area (Å²) in [5, 5.41) is 0.832. The fourth-order valence-corrected chi connectivity index (χ4v) is 4.97. The molecule has 24 heavy (non-hydrogen) atoms. The van der Waals surface area contributed by atoms with Gasteiger partial charge in [0.15, 0.2) is 0 Å². The topological polar surface area (TPSA) is 26.8 Å². The number of piperazine rings is 1. The number of piperidine rings is 1. The normalized spacial score (nSPS) is 29.2. The van der Waals surface area contributed by atoms with E-state index in [0.29, 0.717) is 18.0 Å². The molecular formula is C19H26ClN3O. The molecule has 0 unspecified atom stereocenters. The van der Waals surface area contributed by atoms with Gasteiger partial charge in [-0.3, -0.25) is 9.69 Å². The third-order valence-electron chi connectivity index (χ3n) is 6.06. The van der Waals surface area contributed by atoms with E-state index in [2.05, 4.69) is 27.7 Å². The Morgan fingerprint density at radius 1 is 1.04 bits per heavy atom. The lowest BCUT2D eigenvalue weighted by Gasteiger charge is -2.47. The van der Waals surface area contributed by atoms with Gasteiger partial charge in [-0.25, -0.2) is 0 Å². The summed E-state index contributed by atoms with van der Waals surface area (Å²) >= 11 is 6.34. The van der Waals surface area contributed by atoms with Crippen LogP contribution in [-0.2, 0) is 4.79 Å². The van der Waals surface area contributed by atoms with E-state index in [1.54, 1.807) is 0 Å². The van der Waals surface area contributed by atoms with Crippen molar-refractivity contribution in [2.75, 3.05) is 31.1 Å². The van der Waals surface area contributed by atoms with E-state index >= 15 is 0 Å². The van der Waals surface area contributed by atoms with Crippen LogP contribution in [0.2, 0.25) is 5.02 Å². The van der Waals surface area contributed by atoms with Gasteiger partial charge in [-0.2, -0.15) is 0 Å². The van der Waals surface area contributed by atoms with Gasteiger partial charge in [-0.05, 0) is 44.7 Å². The Bertz CT molecular complexity index is 614. The van der Waals surface area contributed by atoms with Gasteiger partial charge < -0.3 is 9.80 Å². The predicted octanol–water partition coefficient (Wildman–Crippen LogP) is 3.00. The molecule has 3 heterocycles. The van der Waals surface area contributed by atoms with E-state index in [1.165, 1.54) is 12.8 Å². The molecule has 4 nitrogen and oxygen atoms in total. The zero-order valence-corrected chi connectivity index (χ0v) is 15.1. The van der Waals surface area contributed by atoms with E-state index in [4.69, 9.17) is 11.6 Å². The van der Waals surface area contributed by atoms with E-state index in [0.717, 1.165) is 49.7 Å². The van der Waals surface area contributed by atoms with Gasteiger partial charge in [0.25, 0.3) is 0 Å². The summed E-state index contributed by atoms with van der Waals surface area (Å²) in [6.45, 7) is 6.15. The van der Waals surface area contributed by atoms with Crippen molar-refractivity contribution >= 4 is 23.2 Å². The van der Waals surface area contributed by atoms with E-state index in [9.17, 15) is 4.79 Å². The molecule has 1 aromatic rings. The third kappa shape index (κ3) is 2.80. The van der Waals surface area contributed by atoms with Crippen LogP contribution in [0.15, 0.2) is 24.3 Å². The smallest absolute Gasteiger partial charge is 0.239 e. The van der Waals surface area contributed by atoms with E-state index in [1.807, 2.05) is 18.2 Å². The number of rotatable bonds is 2. The van der Waals surface area contributed by atoms with Crippen LogP contribution >= 0.6 is 11.6 Å². The summed E-state index contributed by atoms with van der Waals surface area (Å²) in [6, 6.07) is 9.10. The molecule has 0 aromatic heterocycles. The van der Waals surface area contributed by atoms with Crippen molar-refractivity contribution in [2.45, 2.75) is 50.7 Å². The molecule has 0 radical (unpaired) electrons. The van der Waals surface area contributed by atoms with Crippen LogP contribution in [0.25, 0.3) is 0 Å². The highest BCUT2D eigenvalue weighted by Crippen LogP contribution is 2.32. The monoisotopic (exact) mass is 347 g/mol. The van der Waals surface area contributed by atoms with Crippen molar-refractivity contribution in [3.05, 3.63) is 29.3 Å². The standard InChI is InChI=1S/C19H26ClN3O/c1-14-19(24)22-10-4-5-16(22)13-23(14)15-8-11-21(12-9-15)18-7-3-2-6-17(18)20/h2-3,6-7,14-16H,4-5,8-13H2,1H3/t14-,16-/m1/s1. The van der Waals surface area contributed by atoms with Crippen molar-refractivity contribution in [1.29, 1.82) is 0 Å². The highest BCUT2D eigenvalue weighted by atomic mass is 35.5. The average Bonchev–Trinajstić information content (AvgIpc) is 3.08. The highest BCUT2D eigenvalue weighted by Gasteiger charge is 2.43. The van der Waals surface area contributed by atoms with Crippen molar-refractivity contribution in [3.8, 4) is 0 Å². The molecule has 1 amide bonds. The SMILES string of the molecule is C[C@@H]1C(=O)N2CCC[C@@H]2CN1C1CCN(c2ccccc2Cl)CC1. The molecule has 0 saturated carbocycles. The minimum atomic E-state index is 0.0382. The Morgan fingerprint density at radius 3 is 2.54 bits per heavy atom. The second-order valence-corrected chi connectivity index (χ2v) is 7.78.